The zero-order chi connectivity index (χ0) is 14.7. The van der Waals surface area contributed by atoms with Crippen LogP contribution in [0.25, 0.3) is 0 Å². The topological polar surface area (TPSA) is 96.0 Å². The van der Waals surface area contributed by atoms with Crippen LogP contribution < -0.4 is 16.0 Å². The normalized spacial score (nSPS) is 22.6. The van der Waals surface area contributed by atoms with E-state index in [2.05, 4.69) is 25.9 Å². The summed E-state index contributed by atoms with van der Waals surface area (Å²) in [4.78, 5) is 31.6. The zero-order valence-electron chi connectivity index (χ0n) is 12.2. The number of hydrogen-bond acceptors (Lipinski definition) is 6. The monoisotopic (exact) mass is 325 g/mol. The van der Waals surface area contributed by atoms with E-state index in [1.165, 1.54) is 0 Å². The Kier molecular flexibility index (Phi) is 5.68. The average Bonchev–Trinajstić information content (AvgIpc) is 2.52. The first-order chi connectivity index (χ1) is 10.2. The van der Waals surface area contributed by atoms with Crippen molar-refractivity contribution in [2.45, 2.75) is 37.6 Å². The molecule has 0 aliphatic carbocycles. The number of piperidine rings is 2. The van der Waals surface area contributed by atoms with Gasteiger partial charge in [-0.3, -0.25) is 14.9 Å². The molecule has 22 heavy (non-hydrogen) atoms. The van der Waals surface area contributed by atoms with Crippen molar-refractivity contribution in [2.24, 2.45) is 0 Å². The average molecular weight is 326 g/mol. The van der Waals surface area contributed by atoms with Crippen LogP contribution in [-0.4, -0.2) is 40.9 Å². The third kappa shape index (κ3) is 3.92. The van der Waals surface area contributed by atoms with E-state index >= 15 is 0 Å². The molecule has 0 radical (unpaired) electrons. The first kappa shape index (κ1) is 16.6. The van der Waals surface area contributed by atoms with E-state index in [0.29, 0.717) is 24.4 Å². The lowest BCUT2D eigenvalue weighted by molar-refractivity contribution is -0.133. The maximum atomic E-state index is 11.7. The SMILES string of the molecule is Cl.O=C1CCC(Nc2cnc(C3CCNCC3)nc2)C(=O)N1. The van der Waals surface area contributed by atoms with Crippen molar-refractivity contribution in [1.82, 2.24) is 20.6 Å². The summed E-state index contributed by atoms with van der Waals surface area (Å²) < 4.78 is 0. The molecule has 2 aliphatic heterocycles. The van der Waals surface area contributed by atoms with E-state index in [4.69, 9.17) is 0 Å². The summed E-state index contributed by atoms with van der Waals surface area (Å²) in [6.45, 7) is 2.01. The Hall–Kier alpha value is -1.73. The van der Waals surface area contributed by atoms with Crippen molar-refractivity contribution >= 4 is 29.9 Å². The number of nitrogens with zero attached hydrogens (tertiary/aromatic N) is 2. The van der Waals surface area contributed by atoms with Crippen LogP contribution in [0.4, 0.5) is 5.69 Å². The van der Waals surface area contributed by atoms with Gasteiger partial charge in [0, 0.05) is 12.3 Å². The highest BCUT2D eigenvalue weighted by Crippen LogP contribution is 2.22. The second-order valence-electron chi connectivity index (χ2n) is 5.50. The molecule has 2 amide bonds. The summed E-state index contributed by atoms with van der Waals surface area (Å²) in [5.74, 6) is 0.783. The van der Waals surface area contributed by atoms with E-state index in [9.17, 15) is 9.59 Å². The van der Waals surface area contributed by atoms with E-state index in [0.717, 1.165) is 31.8 Å². The van der Waals surface area contributed by atoms with Crippen molar-refractivity contribution in [1.29, 1.82) is 0 Å². The molecule has 0 spiro atoms. The number of anilines is 1. The van der Waals surface area contributed by atoms with Crippen LogP contribution in [0.2, 0.25) is 0 Å². The highest BCUT2D eigenvalue weighted by atomic mass is 35.5. The Bertz CT molecular complexity index is 531. The number of halogens is 1. The minimum absolute atomic E-state index is 0. The molecule has 3 rings (SSSR count). The Morgan fingerprint density at radius 2 is 1.77 bits per heavy atom. The van der Waals surface area contributed by atoms with Gasteiger partial charge in [0.25, 0.3) is 0 Å². The molecule has 1 unspecified atom stereocenters. The maximum Gasteiger partial charge on any atom is 0.249 e. The van der Waals surface area contributed by atoms with Gasteiger partial charge < -0.3 is 10.6 Å². The van der Waals surface area contributed by atoms with Gasteiger partial charge in [0.15, 0.2) is 0 Å². The number of carbonyl (C=O) groups is 2. The molecule has 0 saturated carbocycles. The van der Waals surface area contributed by atoms with Gasteiger partial charge >= 0.3 is 0 Å². The molecule has 120 valence electrons. The first-order valence-electron chi connectivity index (χ1n) is 7.35. The van der Waals surface area contributed by atoms with Crippen LogP contribution in [-0.2, 0) is 9.59 Å². The number of hydrogen-bond donors (Lipinski definition) is 3. The third-order valence-corrected chi connectivity index (χ3v) is 3.96. The Morgan fingerprint density at radius 3 is 2.41 bits per heavy atom. The Balaban J connectivity index is 0.00000176. The Labute approximate surface area is 135 Å². The van der Waals surface area contributed by atoms with Crippen LogP contribution in [0.1, 0.15) is 37.4 Å². The van der Waals surface area contributed by atoms with Gasteiger partial charge in [-0.05, 0) is 32.4 Å². The predicted octanol–water partition coefficient (Wildman–Crippen LogP) is 0.582. The first-order valence-corrected chi connectivity index (χ1v) is 7.35. The predicted molar refractivity (Wildman–Crippen MR) is 83.9 cm³/mol. The lowest BCUT2D eigenvalue weighted by atomic mass is 9.97. The smallest absolute Gasteiger partial charge is 0.249 e. The molecule has 1 atom stereocenters. The van der Waals surface area contributed by atoms with E-state index in [1.807, 2.05) is 0 Å². The Morgan fingerprint density at radius 1 is 1.09 bits per heavy atom. The zero-order valence-corrected chi connectivity index (χ0v) is 13.0. The van der Waals surface area contributed by atoms with Gasteiger partial charge in [-0.25, -0.2) is 9.97 Å². The largest absolute Gasteiger partial charge is 0.371 e. The van der Waals surface area contributed by atoms with Crippen LogP contribution in [0.5, 0.6) is 0 Å². The second-order valence-corrected chi connectivity index (χ2v) is 5.50. The lowest BCUT2D eigenvalue weighted by Crippen LogP contribution is -2.47. The minimum atomic E-state index is -0.393. The molecule has 1 aromatic rings. The number of imide groups is 1. The van der Waals surface area contributed by atoms with Crippen molar-refractivity contribution in [3.63, 3.8) is 0 Å². The lowest BCUT2D eigenvalue weighted by Gasteiger charge is -2.23. The fraction of sp³-hybridized carbons (Fsp3) is 0.571. The van der Waals surface area contributed by atoms with Crippen molar-refractivity contribution in [2.75, 3.05) is 18.4 Å². The highest BCUT2D eigenvalue weighted by molar-refractivity contribution is 6.01. The van der Waals surface area contributed by atoms with Crippen molar-refractivity contribution in [3.8, 4) is 0 Å². The molecule has 2 aliphatic rings. The van der Waals surface area contributed by atoms with E-state index in [1.54, 1.807) is 12.4 Å². The summed E-state index contributed by atoms with van der Waals surface area (Å²) in [5.41, 5.74) is 0.710. The number of rotatable bonds is 3. The molecule has 2 saturated heterocycles. The fourth-order valence-corrected chi connectivity index (χ4v) is 2.74. The summed E-state index contributed by atoms with van der Waals surface area (Å²) in [7, 11) is 0. The van der Waals surface area contributed by atoms with Crippen molar-refractivity contribution < 1.29 is 9.59 Å². The van der Waals surface area contributed by atoms with Gasteiger partial charge in [-0.15, -0.1) is 12.4 Å². The minimum Gasteiger partial charge on any atom is -0.371 e. The van der Waals surface area contributed by atoms with Crippen LogP contribution in [0.3, 0.4) is 0 Å². The molecular formula is C14H20ClN5O2. The van der Waals surface area contributed by atoms with E-state index in [-0.39, 0.29) is 24.2 Å². The van der Waals surface area contributed by atoms with Crippen LogP contribution >= 0.6 is 12.4 Å². The maximum absolute atomic E-state index is 11.7. The standard InChI is InChI=1S/C14H19N5O2.ClH/c20-12-2-1-11(14(21)19-12)18-10-7-16-13(17-8-10)9-3-5-15-6-4-9;/h7-9,11,15,18H,1-6H2,(H,19,20,21);1H. The third-order valence-electron chi connectivity index (χ3n) is 3.96. The number of nitrogens with one attached hydrogen (secondary N) is 3. The molecule has 3 heterocycles. The van der Waals surface area contributed by atoms with Gasteiger partial charge in [-0.2, -0.15) is 0 Å². The molecule has 0 aromatic carbocycles. The number of carbonyl (C=O) groups excluding carboxylic acids is 2. The molecule has 1 aromatic heterocycles. The van der Waals surface area contributed by atoms with Crippen LogP contribution in [0.15, 0.2) is 12.4 Å². The quantitative estimate of drug-likeness (QED) is 0.704. The van der Waals surface area contributed by atoms with E-state index < -0.39 is 6.04 Å². The molecule has 8 heteroatoms. The number of amides is 2. The van der Waals surface area contributed by atoms with Gasteiger partial charge in [0.1, 0.15) is 11.9 Å². The van der Waals surface area contributed by atoms with Gasteiger partial charge in [0.2, 0.25) is 11.8 Å². The van der Waals surface area contributed by atoms with Gasteiger partial charge in [0.05, 0.1) is 18.1 Å². The molecular weight excluding hydrogens is 306 g/mol. The van der Waals surface area contributed by atoms with Crippen LogP contribution in [0, 0.1) is 0 Å². The molecule has 3 N–H and O–H groups in total. The summed E-state index contributed by atoms with van der Waals surface area (Å²) in [5, 5.41) is 8.72. The molecule has 7 nitrogen and oxygen atoms in total. The summed E-state index contributed by atoms with van der Waals surface area (Å²) in [6.07, 6.45) is 6.40. The second kappa shape index (κ2) is 7.51. The van der Waals surface area contributed by atoms with Crippen molar-refractivity contribution in [3.05, 3.63) is 18.2 Å². The highest BCUT2D eigenvalue weighted by Gasteiger charge is 2.26. The number of aromatic nitrogens is 2. The molecule has 2 fully saturated rings. The fourth-order valence-electron chi connectivity index (χ4n) is 2.74. The summed E-state index contributed by atoms with van der Waals surface area (Å²) >= 11 is 0. The summed E-state index contributed by atoms with van der Waals surface area (Å²) in [6, 6.07) is -0.393. The van der Waals surface area contributed by atoms with Gasteiger partial charge in [-0.1, -0.05) is 0 Å². The molecule has 0 bridgehead atoms.